The van der Waals surface area contributed by atoms with Crippen molar-refractivity contribution in [1.29, 1.82) is 0 Å². The Morgan fingerprint density at radius 2 is 2.00 bits per heavy atom. The number of rotatable bonds is 7. The predicted octanol–water partition coefficient (Wildman–Crippen LogP) is 1.42. The van der Waals surface area contributed by atoms with Crippen LogP contribution in [0.5, 0.6) is 0 Å². The van der Waals surface area contributed by atoms with Crippen molar-refractivity contribution in [2.45, 2.75) is 52.0 Å². The smallest absolute Gasteiger partial charge is 0.236 e. The molecule has 0 saturated heterocycles. The maximum absolute atomic E-state index is 11.2. The number of hydrogen-bond donors (Lipinski definition) is 2. The van der Waals surface area contributed by atoms with Gasteiger partial charge in [0.05, 0.1) is 6.04 Å². The van der Waals surface area contributed by atoms with Gasteiger partial charge in [-0.05, 0) is 12.8 Å². The van der Waals surface area contributed by atoms with Gasteiger partial charge in [0.25, 0.3) is 0 Å². The molecule has 0 aromatic heterocycles. The number of hydrogen-bond acceptors (Lipinski definition) is 2. The van der Waals surface area contributed by atoms with Gasteiger partial charge in [0.2, 0.25) is 5.91 Å². The van der Waals surface area contributed by atoms with Crippen LogP contribution >= 0.6 is 0 Å². The maximum atomic E-state index is 11.2. The van der Waals surface area contributed by atoms with E-state index in [1.165, 1.54) is 19.3 Å². The first-order valence-corrected chi connectivity index (χ1v) is 5.25. The minimum Gasteiger partial charge on any atom is -0.355 e. The Morgan fingerprint density at radius 3 is 2.54 bits per heavy atom. The summed E-state index contributed by atoms with van der Waals surface area (Å²) in [5.74, 6) is -0.0148. The molecule has 13 heavy (non-hydrogen) atoms. The van der Waals surface area contributed by atoms with Gasteiger partial charge in [-0.15, -0.1) is 0 Å². The van der Waals surface area contributed by atoms with E-state index in [0.717, 1.165) is 13.0 Å². The maximum Gasteiger partial charge on any atom is 0.236 e. The summed E-state index contributed by atoms with van der Waals surface area (Å²) < 4.78 is 0. The van der Waals surface area contributed by atoms with Crippen molar-refractivity contribution in [3.05, 3.63) is 0 Å². The summed E-state index contributed by atoms with van der Waals surface area (Å²) in [5, 5.41) is 2.83. The van der Waals surface area contributed by atoms with Crippen LogP contribution in [0.2, 0.25) is 0 Å². The number of carbonyl (C=O) groups excluding carboxylic acids is 1. The van der Waals surface area contributed by atoms with Crippen LogP contribution in [0.1, 0.15) is 46.0 Å². The van der Waals surface area contributed by atoms with Crippen LogP contribution < -0.4 is 11.1 Å². The molecule has 0 rings (SSSR count). The van der Waals surface area contributed by atoms with Crippen LogP contribution in [0.15, 0.2) is 0 Å². The van der Waals surface area contributed by atoms with E-state index in [1.807, 2.05) is 6.92 Å². The molecule has 0 saturated carbocycles. The van der Waals surface area contributed by atoms with Crippen LogP contribution in [-0.2, 0) is 4.79 Å². The van der Waals surface area contributed by atoms with Crippen LogP contribution in [0.25, 0.3) is 0 Å². The Morgan fingerprint density at radius 1 is 1.31 bits per heavy atom. The summed E-state index contributed by atoms with van der Waals surface area (Å²) in [6.45, 7) is 4.86. The Kier molecular flexibility index (Phi) is 7.69. The lowest BCUT2D eigenvalue weighted by Crippen LogP contribution is -2.40. The van der Waals surface area contributed by atoms with Crippen molar-refractivity contribution in [3.63, 3.8) is 0 Å². The highest BCUT2D eigenvalue weighted by atomic mass is 16.2. The van der Waals surface area contributed by atoms with Gasteiger partial charge >= 0.3 is 0 Å². The molecule has 0 spiro atoms. The van der Waals surface area contributed by atoms with E-state index in [1.54, 1.807) is 0 Å². The topological polar surface area (TPSA) is 55.1 Å². The van der Waals surface area contributed by atoms with Crippen molar-refractivity contribution >= 4 is 5.91 Å². The average molecular weight is 186 g/mol. The van der Waals surface area contributed by atoms with Gasteiger partial charge in [0.15, 0.2) is 0 Å². The molecule has 0 unspecified atom stereocenters. The number of carbonyl (C=O) groups is 1. The van der Waals surface area contributed by atoms with Gasteiger partial charge in [-0.3, -0.25) is 4.79 Å². The van der Waals surface area contributed by atoms with E-state index in [4.69, 9.17) is 5.73 Å². The largest absolute Gasteiger partial charge is 0.355 e. The van der Waals surface area contributed by atoms with E-state index in [-0.39, 0.29) is 11.9 Å². The number of unbranched alkanes of at least 4 members (excludes halogenated alkanes) is 3. The zero-order valence-corrected chi connectivity index (χ0v) is 8.81. The molecule has 0 heterocycles. The third-order valence-corrected chi connectivity index (χ3v) is 2.11. The second-order valence-electron chi connectivity index (χ2n) is 3.37. The highest BCUT2D eigenvalue weighted by Crippen LogP contribution is 1.97. The fraction of sp³-hybridized carbons (Fsp3) is 0.900. The molecule has 3 nitrogen and oxygen atoms in total. The summed E-state index contributed by atoms with van der Waals surface area (Å²) >= 11 is 0. The van der Waals surface area contributed by atoms with E-state index < -0.39 is 0 Å². The SMILES string of the molecule is CCCCCCNC(=O)[C@@H](N)CC. The fourth-order valence-corrected chi connectivity index (χ4v) is 1.08. The first-order valence-electron chi connectivity index (χ1n) is 5.25. The molecule has 0 bridgehead atoms. The summed E-state index contributed by atoms with van der Waals surface area (Å²) in [5.41, 5.74) is 5.55. The highest BCUT2D eigenvalue weighted by Gasteiger charge is 2.08. The zero-order valence-electron chi connectivity index (χ0n) is 8.81. The minimum atomic E-state index is -0.328. The number of nitrogens with one attached hydrogen (secondary N) is 1. The monoisotopic (exact) mass is 186 g/mol. The van der Waals surface area contributed by atoms with Gasteiger partial charge in [-0.1, -0.05) is 33.1 Å². The standard InChI is InChI=1S/C10H22N2O/c1-3-5-6-7-8-12-10(13)9(11)4-2/h9H,3-8,11H2,1-2H3,(H,12,13)/t9-/m0/s1. The quantitative estimate of drug-likeness (QED) is 0.591. The molecule has 3 heteroatoms. The second-order valence-corrected chi connectivity index (χ2v) is 3.37. The Balaban J connectivity index is 3.27. The van der Waals surface area contributed by atoms with Gasteiger partial charge in [0.1, 0.15) is 0 Å². The molecule has 1 amide bonds. The van der Waals surface area contributed by atoms with Crippen LogP contribution in [0, 0.1) is 0 Å². The lowest BCUT2D eigenvalue weighted by Gasteiger charge is -2.09. The van der Waals surface area contributed by atoms with Crippen molar-refractivity contribution in [2.24, 2.45) is 5.73 Å². The molecule has 78 valence electrons. The van der Waals surface area contributed by atoms with E-state index >= 15 is 0 Å². The van der Waals surface area contributed by atoms with Gasteiger partial charge in [-0.2, -0.15) is 0 Å². The first kappa shape index (κ1) is 12.4. The first-order chi connectivity index (χ1) is 6.22. The predicted molar refractivity (Wildman–Crippen MR) is 55.4 cm³/mol. The lowest BCUT2D eigenvalue weighted by atomic mass is 10.2. The summed E-state index contributed by atoms with van der Waals surface area (Å²) in [6, 6.07) is -0.328. The Bertz CT molecular complexity index is 137. The van der Waals surface area contributed by atoms with E-state index in [0.29, 0.717) is 6.42 Å². The van der Waals surface area contributed by atoms with Crippen LogP contribution in [-0.4, -0.2) is 18.5 Å². The lowest BCUT2D eigenvalue weighted by molar-refractivity contribution is -0.122. The molecule has 0 aliphatic carbocycles. The van der Waals surface area contributed by atoms with E-state index in [9.17, 15) is 4.79 Å². The Labute approximate surface area is 81.1 Å². The third-order valence-electron chi connectivity index (χ3n) is 2.11. The fourth-order valence-electron chi connectivity index (χ4n) is 1.08. The second kappa shape index (κ2) is 8.05. The van der Waals surface area contributed by atoms with Crippen molar-refractivity contribution in [1.82, 2.24) is 5.32 Å². The molecule has 0 radical (unpaired) electrons. The van der Waals surface area contributed by atoms with Crippen molar-refractivity contribution < 1.29 is 4.79 Å². The summed E-state index contributed by atoms with van der Waals surface area (Å²) in [6.07, 6.45) is 5.44. The van der Waals surface area contributed by atoms with Gasteiger partial charge < -0.3 is 11.1 Å². The van der Waals surface area contributed by atoms with Crippen molar-refractivity contribution in [3.8, 4) is 0 Å². The molecule has 0 aromatic carbocycles. The number of amides is 1. The molecular weight excluding hydrogens is 164 g/mol. The molecule has 0 aromatic rings. The van der Waals surface area contributed by atoms with Gasteiger partial charge in [-0.25, -0.2) is 0 Å². The minimum absolute atomic E-state index is 0.0148. The molecule has 1 atom stereocenters. The summed E-state index contributed by atoms with van der Waals surface area (Å²) in [4.78, 5) is 11.2. The van der Waals surface area contributed by atoms with Crippen LogP contribution in [0.4, 0.5) is 0 Å². The molecule has 0 fully saturated rings. The van der Waals surface area contributed by atoms with Crippen molar-refractivity contribution in [2.75, 3.05) is 6.54 Å². The normalized spacial score (nSPS) is 12.5. The molecule has 3 N–H and O–H groups in total. The summed E-state index contributed by atoms with van der Waals surface area (Å²) in [7, 11) is 0. The molecular formula is C10H22N2O. The zero-order chi connectivity index (χ0) is 10.1. The number of nitrogens with two attached hydrogens (primary N) is 1. The third kappa shape index (κ3) is 6.58. The Hall–Kier alpha value is -0.570. The average Bonchev–Trinajstić information content (AvgIpc) is 2.16. The van der Waals surface area contributed by atoms with E-state index in [2.05, 4.69) is 12.2 Å². The molecule has 0 aliphatic rings. The van der Waals surface area contributed by atoms with Crippen LogP contribution in [0.3, 0.4) is 0 Å². The molecule has 0 aliphatic heterocycles. The highest BCUT2D eigenvalue weighted by molar-refractivity contribution is 5.81. The van der Waals surface area contributed by atoms with Gasteiger partial charge in [0, 0.05) is 6.54 Å².